The number of halogens is 1. The fraction of sp³-hybridized carbons (Fsp3) is 0.407. The molecule has 0 radical (unpaired) electrons. The molecule has 0 aliphatic rings. The molecule has 2 atom stereocenters. The van der Waals surface area contributed by atoms with Crippen molar-refractivity contribution in [2.75, 3.05) is 6.61 Å². The molecule has 0 fully saturated rings. The number of benzene rings is 2. The van der Waals surface area contributed by atoms with Gasteiger partial charge in [0, 0.05) is 37.0 Å². The molecule has 0 aliphatic carbocycles. The molecule has 0 saturated heterocycles. The Hall–Kier alpha value is -2.87. The summed E-state index contributed by atoms with van der Waals surface area (Å²) in [5.74, 6) is 0.921. The second-order valence-corrected chi connectivity index (χ2v) is 9.32. The predicted molar refractivity (Wildman–Crippen MR) is 138 cm³/mol. The molecule has 35 heavy (non-hydrogen) atoms. The third-order valence-corrected chi connectivity index (χ3v) is 5.99. The van der Waals surface area contributed by atoms with Crippen molar-refractivity contribution < 1.29 is 19.7 Å². The third kappa shape index (κ3) is 7.07. The first-order valence-corrected chi connectivity index (χ1v) is 12.3. The van der Waals surface area contributed by atoms with Crippen molar-refractivity contribution in [3.8, 4) is 17.0 Å². The van der Waals surface area contributed by atoms with Crippen molar-refractivity contribution in [3.05, 3.63) is 70.6 Å². The second kappa shape index (κ2) is 12.2. The predicted octanol–water partition coefficient (Wildman–Crippen LogP) is 4.69. The number of nitrogens with zero attached hydrogens (tertiary/aromatic N) is 2. The minimum absolute atomic E-state index is 0.0184. The number of hydrogen-bond acceptors (Lipinski definition) is 5. The lowest BCUT2D eigenvalue weighted by atomic mass is 10.0. The first-order chi connectivity index (χ1) is 16.7. The quantitative estimate of drug-likeness (QED) is 0.355. The fourth-order valence-corrected chi connectivity index (χ4v) is 4.07. The Kier molecular flexibility index (Phi) is 9.32. The molecular formula is C27H34ClN3O4. The van der Waals surface area contributed by atoms with Crippen molar-refractivity contribution in [1.29, 1.82) is 0 Å². The van der Waals surface area contributed by atoms with Crippen LogP contribution in [-0.4, -0.2) is 44.4 Å². The molecule has 1 unspecified atom stereocenters. The summed E-state index contributed by atoms with van der Waals surface area (Å²) in [4.78, 5) is 17.4. The van der Waals surface area contributed by atoms with Crippen LogP contribution in [0, 0.1) is 0 Å². The van der Waals surface area contributed by atoms with Crippen LogP contribution < -0.4 is 10.1 Å². The summed E-state index contributed by atoms with van der Waals surface area (Å²) >= 11 is 6.28. The maximum absolute atomic E-state index is 12.8. The molecule has 3 N–H and O–H groups in total. The Morgan fingerprint density at radius 1 is 1.20 bits per heavy atom. The molecule has 2 aromatic carbocycles. The summed E-state index contributed by atoms with van der Waals surface area (Å²) in [7, 11) is 1.87. The van der Waals surface area contributed by atoms with E-state index < -0.39 is 6.10 Å². The van der Waals surface area contributed by atoms with Gasteiger partial charge in [-0.2, -0.15) is 0 Å². The average Bonchev–Trinajstić information content (AvgIpc) is 3.21. The van der Waals surface area contributed by atoms with Crippen molar-refractivity contribution in [1.82, 2.24) is 14.9 Å². The number of nitrogens with one attached hydrogen (secondary N) is 1. The average molecular weight is 500 g/mol. The lowest BCUT2D eigenvalue weighted by Gasteiger charge is -2.19. The van der Waals surface area contributed by atoms with E-state index in [1.54, 1.807) is 18.2 Å². The monoisotopic (exact) mass is 499 g/mol. The van der Waals surface area contributed by atoms with Gasteiger partial charge in [0.05, 0.1) is 16.8 Å². The van der Waals surface area contributed by atoms with Gasteiger partial charge in [0.25, 0.3) is 5.91 Å². The zero-order chi connectivity index (χ0) is 25.5. The summed E-state index contributed by atoms with van der Waals surface area (Å²) in [5, 5.41) is 23.0. The summed E-state index contributed by atoms with van der Waals surface area (Å²) in [6.45, 7) is 5.70. The highest BCUT2D eigenvalue weighted by Crippen LogP contribution is 2.27. The van der Waals surface area contributed by atoms with Gasteiger partial charge in [-0.15, -0.1) is 0 Å². The Labute approximate surface area is 211 Å². The molecular weight excluding hydrogens is 466 g/mol. The van der Waals surface area contributed by atoms with Crippen LogP contribution in [0.15, 0.2) is 48.7 Å². The molecule has 0 bridgehead atoms. The summed E-state index contributed by atoms with van der Waals surface area (Å²) in [5.41, 5.74) is 3.20. The zero-order valence-corrected chi connectivity index (χ0v) is 21.4. The number of aryl methyl sites for hydroxylation is 1. The van der Waals surface area contributed by atoms with Crippen LogP contribution in [0.5, 0.6) is 5.75 Å². The zero-order valence-electron chi connectivity index (χ0n) is 20.7. The molecule has 8 heteroatoms. The highest BCUT2D eigenvalue weighted by Gasteiger charge is 2.17. The van der Waals surface area contributed by atoms with E-state index in [-0.39, 0.29) is 24.7 Å². The molecule has 3 rings (SSSR count). The number of aliphatic hydroxyl groups excluding tert-OH is 2. The Morgan fingerprint density at radius 3 is 2.51 bits per heavy atom. The fourth-order valence-electron chi connectivity index (χ4n) is 3.85. The molecule has 0 spiro atoms. The van der Waals surface area contributed by atoms with Crippen LogP contribution in [0.3, 0.4) is 0 Å². The van der Waals surface area contributed by atoms with Gasteiger partial charge in [0.1, 0.15) is 17.7 Å². The van der Waals surface area contributed by atoms with Gasteiger partial charge in [-0.05, 0) is 56.9 Å². The van der Waals surface area contributed by atoms with Gasteiger partial charge in [-0.3, -0.25) is 4.79 Å². The van der Waals surface area contributed by atoms with Crippen LogP contribution in [0.4, 0.5) is 0 Å². The van der Waals surface area contributed by atoms with Crippen LogP contribution in [0.1, 0.15) is 61.5 Å². The van der Waals surface area contributed by atoms with Gasteiger partial charge in [0.15, 0.2) is 0 Å². The maximum Gasteiger partial charge on any atom is 0.251 e. The van der Waals surface area contributed by atoms with E-state index in [1.165, 1.54) is 0 Å². The van der Waals surface area contributed by atoms with Crippen LogP contribution >= 0.6 is 11.6 Å². The highest BCUT2D eigenvalue weighted by atomic mass is 35.5. The van der Waals surface area contributed by atoms with E-state index in [2.05, 4.69) is 10.3 Å². The SMILES string of the molecule is CCC(O)c1nc(-c2ccc(C[C@@H](CCO)NC(=O)c3ccc(OC(C)C)c(Cl)c3)cc2)cn1C. The smallest absolute Gasteiger partial charge is 0.251 e. The van der Waals surface area contributed by atoms with Crippen molar-refractivity contribution in [2.45, 2.75) is 58.3 Å². The molecule has 188 valence electrons. The van der Waals surface area contributed by atoms with Crippen molar-refractivity contribution >= 4 is 17.5 Å². The number of hydrogen-bond donors (Lipinski definition) is 3. The number of ether oxygens (including phenoxy) is 1. The molecule has 0 saturated carbocycles. The molecule has 1 heterocycles. The summed E-state index contributed by atoms with van der Waals surface area (Å²) in [6, 6.07) is 12.7. The van der Waals surface area contributed by atoms with Gasteiger partial charge >= 0.3 is 0 Å². The minimum Gasteiger partial charge on any atom is -0.489 e. The topological polar surface area (TPSA) is 96.6 Å². The molecule has 0 aliphatic heterocycles. The lowest BCUT2D eigenvalue weighted by molar-refractivity contribution is 0.0930. The van der Waals surface area contributed by atoms with E-state index >= 15 is 0 Å². The molecule has 3 aromatic rings. The van der Waals surface area contributed by atoms with Crippen LogP contribution in [-0.2, 0) is 13.5 Å². The van der Waals surface area contributed by atoms with E-state index in [0.717, 1.165) is 16.8 Å². The molecule has 1 amide bonds. The summed E-state index contributed by atoms with van der Waals surface area (Å²) < 4.78 is 7.48. The van der Waals surface area contributed by atoms with Gasteiger partial charge < -0.3 is 24.8 Å². The van der Waals surface area contributed by atoms with E-state index in [1.807, 2.05) is 62.8 Å². The minimum atomic E-state index is -0.593. The largest absolute Gasteiger partial charge is 0.489 e. The lowest BCUT2D eigenvalue weighted by Crippen LogP contribution is -2.37. The van der Waals surface area contributed by atoms with Gasteiger partial charge in [-0.1, -0.05) is 42.8 Å². The maximum atomic E-state index is 12.8. The molecule has 7 nitrogen and oxygen atoms in total. The number of carbonyl (C=O) groups excluding carboxylic acids is 1. The normalized spacial score (nSPS) is 13.0. The van der Waals surface area contributed by atoms with Gasteiger partial charge in [-0.25, -0.2) is 4.98 Å². The van der Waals surface area contributed by atoms with Crippen LogP contribution in [0.25, 0.3) is 11.3 Å². The van der Waals surface area contributed by atoms with Crippen molar-refractivity contribution in [2.24, 2.45) is 7.05 Å². The highest BCUT2D eigenvalue weighted by molar-refractivity contribution is 6.32. The second-order valence-electron chi connectivity index (χ2n) is 8.91. The first-order valence-electron chi connectivity index (χ1n) is 11.9. The number of amides is 1. The number of imidazole rings is 1. The third-order valence-electron chi connectivity index (χ3n) is 5.70. The standard InChI is InChI=1S/C27H34ClN3O4/c1-5-24(33)26-30-23(16-31(26)4)19-8-6-18(7-9-19)14-21(12-13-32)29-27(34)20-10-11-25(22(28)15-20)35-17(2)3/h6-11,15-17,21,24,32-33H,5,12-14H2,1-4H3,(H,29,34)/t21-,24?/m1/s1. The molecule has 1 aromatic heterocycles. The van der Waals surface area contributed by atoms with E-state index in [0.29, 0.717) is 41.4 Å². The van der Waals surface area contributed by atoms with E-state index in [4.69, 9.17) is 16.3 Å². The Bertz CT molecular complexity index is 1130. The van der Waals surface area contributed by atoms with Gasteiger partial charge in [0.2, 0.25) is 0 Å². The number of carbonyl (C=O) groups is 1. The Morgan fingerprint density at radius 2 is 1.91 bits per heavy atom. The van der Waals surface area contributed by atoms with E-state index in [9.17, 15) is 15.0 Å². The first kappa shape index (κ1) is 26.7. The Balaban J connectivity index is 1.68. The number of aromatic nitrogens is 2. The van der Waals surface area contributed by atoms with Crippen LogP contribution in [0.2, 0.25) is 5.02 Å². The number of aliphatic hydroxyl groups is 2. The van der Waals surface area contributed by atoms with Crippen molar-refractivity contribution in [3.63, 3.8) is 0 Å². The number of rotatable bonds is 11. The summed E-state index contributed by atoms with van der Waals surface area (Å²) in [6.07, 6.45) is 2.88.